The molecule has 6 heteroatoms. The minimum Gasteiger partial charge on any atom is -0.354 e. The summed E-state index contributed by atoms with van der Waals surface area (Å²) in [6.07, 6.45) is 3.86. The Morgan fingerprint density at radius 3 is 2.66 bits per heavy atom. The molecule has 1 aliphatic carbocycles. The summed E-state index contributed by atoms with van der Waals surface area (Å²) in [4.78, 5) is 38.8. The summed E-state index contributed by atoms with van der Waals surface area (Å²) in [5.41, 5.74) is 3.29. The highest BCUT2D eigenvalue weighted by atomic mass is 16.2. The van der Waals surface area contributed by atoms with Crippen LogP contribution in [-0.2, 0) is 34.4 Å². The molecule has 1 saturated heterocycles. The number of rotatable bonds is 6. The van der Waals surface area contributed by atoms with Gasteiger partial charge >= 0.3 is 6.03 Å². The minimum absolute atomic E-state index is 0.278. The lowest BCUT2D eigenvalue weighted by Gasteiger charge is -2.23. The SMILES string of the molecule is C[C@@]1(c2ccc3c(c2)CCC3)NC(=O)N(CC(=O)NCCc2ccccc2)C1=O. The van der Waals surface area contributed by atoms with Gasteiger partial charge in [-0.05, 0) is 54.9 Å². The highest BCUT2D eigenvalue weighted by Gasteiger charge is 2.49. The number of fused-ring (bicyclic) bond motifs is 1. The zero-order chi connectivity index (χ0) is 20.4. The topological polar surface area (TPSA) is 78.5 Å². The molecule has 1 aliphatic heterocycles. The van der Waals surface area contributed by atoms with Crippen LogP contribution in [0.15, 0.2) is 48.5 Å². The quantitative estimate of drug-likeness (QED) is 0.742. The normalized spacial score (nSPS) is 20.5. The van der Waals surface area contributed by atoms with Crippen molar-refractivity contribution < 1.29 is 14.4 Å². The van der Waals surface area contributed by atoms with Gasteiger partial charge in [-0.15, -0.1) is 0 Å². The number of imide groups is 1. The second-order valence-corrected chi connectivity index (χ2v) is 7.87. The Hall–Kier alpha value is -3.15. The van der Waals surface area contributed by atoms with Gasteiger partial charge in [0, 0.05) is 6.54 Å². The summed E-state index contributed by atoms with van der Waals surface area (Å²) in [6, 6.07) is 15.3. The molecule has 4 amide bonds. The average molecular weight is 391 g/mol. The molecule has 1 fully saturated rings. The van der Waals surface area contributed by atoms with Crippen LogP contribution in [0.2, 0.25) is 0 Å². The molecule has 0 aromatic heterocycles. The van der Waals surface area contributed by atoms with Crippen LogP contribution in [0, 0.1) is 0 Å². The van der Waals surface area contributed by atoms with Crippen molar-refractivity contribution in [1.82, 2.24) is 15.5 Å². The predicted octanol–water partition coefficient (Wildman–Crippen LogP) is 2.30. The van der Waals surface area contributed by atoms with E-state index >= 15 is 0 Å². The number of hydrogen-bond acceptors (Lipinski definition) is 3. The van der Waals surface area contributed by atoms with Crippen LogP contribution < -0.4 is 10.6 Å². The molecule has 2 aromatic carbocycles. The van der Waals surface area contributed by atoms with E-state index in [1.54, 1.807) is 6.92 Å². The number of hydrogen-bond donors (Lipinski definition) is 2. The van der Waals surface area contributed by atoms with Crippen molar-refractivity contribution in [2.45, 2.75) is 38.1 Å². The summed E-state index contributed by atoms with van der Waals surface area (Å²) in [7, 11) is 0. The van der Waals surface area contributed by atoms with E-state index in [2.05, 4.69) is 10.6 Å². The number of carbonyl (C=O) groups excluding carboxylic acids is 3. The van der Waals surface area contributed by atoms with E-state index in [-0.39, 0.29) is 12.5 Å². The van der Waals surface area contributed by atoms with Crippen LogP contribution in [0.25, 0.3) is 0 Å². The molecule has 150 valence electrons. The Morgan fingerprint density at radius 1 is 1.10 bits per heavy atom. The second-order valence-electron chi connectivity index (χ2n) is 7.87. The second kappa shape index (κ2) is 7.70. The Morgan fingerprint density at radius 2 is 1.86 bits per heavy atom. The van der Waals surface area contributed by atoms with E-state index in [4.69, 9.17) is 0 Å². The van der Waals surface area contributed by atoms with E-state index in [0.717, 1.165) is 35.3 Å². The smallest absolute Gasteiger partial charge is 0.325 e. The number of nitrogens with zero attached hydrogens (tertiary/aromatic N) is 1. The number of amides is 4. The van der Waals surface area contributed by atoms with Crippen molar-refractivity contribution in [2.75, 3.05) is 13.1 Å². The van der Waals surface area contributed by atoms with Crippen LogP contribution in [0.4, 0.5) is 4.79 Å². The van der Waals surface area contributed by atoms with Gasteiger partial charge in [-0.2, -0.15) is 0 Å². The van der Waals surface area contributed by atoms with Gasteiger partial charge in [0.2, 0.25) is 5.91 Å². The maximum Gasteiger partial charge on any atom is 0.325 e. The lowest BCUT2D eigenvalue weighted by Crippen LogP contribution is -2.43. The molecule has 2 aliphatic rings. The number of carbonyl (C=O) groups is 3. The van der Waals surface area contributed by atoms with Crippen LogP contribution in [0.1, 0.15) is 35.6 Å². The molecular formula is C23H25N3O3. The number of benzene rings is 2. The van der Waals surface area contributed by atoms with Gasteiger partial charge in [0.05, 0.1) is 0 Å². The third-order valence-corrected chi connectivity index (χ3v) is 5.83. The van der Waals surface area contributed by atoms with E-state index in [9.17, 15) is 14.4 Å². The number of urea groups is 1. The lowest BCUT2D eigenvalue weighted by atomic mass is 9.89. The molecule has 1 heterocycles. The average Bonchev–Trinajstić information content (AvgIpc) is 3.27. The van der Waals surface area contributed by atoms with Gasteiger partial charge in [0.1, 0.15) is 12.1 Å². The zero-order valence-electron chi connectivity index (χ0n) is 16.5. The molecule has 2 N–H and O–H groups in total. The number of aryl methyl sites for hydroxylation is 2. The molecule has 0 unspecified atom stereocenters. The molecule has 2 aromatic rings. The van der Waals surface area contributed by atoms with Gasteiger partial charge < -0.3 is 10.6 Å². The molecule has 6 nitrogen and oxygen atoms in total. The van der Waals surface area contributed by atoms with E-state index in [0.29, 0.717) is 13.0 Å². The molecule has 29 heavy (non-hydrogen) atoms. The van der Waals surface area contributed by atoms with E-state index in [1.807, 2.05) is 48.5 Å². The molecule has 4 rings (SSSR count). The number of nitrogens with one attached hydrogen (secondary N) is 2. The predicted molar refractivity (Wildman–Crippen MR) is 109 cm³/mol. The largest absolute Gasteiger partial charge is 0.354 e. The van der Waals surface area contributed by atoms with Crippen molar-refractivity contribution in [1.29, 1.82) is 0 Å². The first-order valence-corrected chi connectivity index (χ1v) is 10.0. The Kier molecular flexibility index (Phi) is 5.09. The van der Waals surface area contributed by atoms with Crippen molar-refractivity contribution in [3.05, 3.63) is 70.8 Å². The fourth-order valence-electron chi connectivity index (χ4n) is 4.11. The Labute approximate surface area is 170 Å². The monoisotopic (exact) mass is 391 g/mol. The fraction of sp³-hybridized carbons (Fsp3) is 0.348. The van der Waals surface area contributed by atoms with Crippen molar-refractivity contribution in [3.8, 4) is 0 Å². The first kappa shape index (κ1) is 19.2. The first-order chi connectivity index (χ1) is 14.0. The van der Waals surface area contributed by atoms with E-state index in [1.165, 1.54) is 11.1 Å². The molecule has 0 saturated carbocycles. The van der Waals surface area contributed by atoms with Crippen LogP contribution in [0.3, 0.4) is 0 Å². The molecule has 1 atom stereocenters. The third-order valence-electron chi connectivity index (χ3n) is 5.83. The molecule has 0 spiro atoms. The summed E-state index contributed by atoms with van der Waals surface area (Å²) < 4.78 is 0. The summed E-state index contributed by atoms with van der Waals surface area (Å²) in [6.45, 7) is 1.88. The van der Waals surface area contributed by atoms with Gasteiger partial charge in [-0.1, -0.05) is 48.5 Å². The standard InChI is InChI=1S/C23H25N3O3/c1-23(19-11-10-17-8-5-9-18(17)14-19)21(28)26(22(29)25-23)15-20(27)24-13-12-16-6-3-2-4-7-16/h2-4,6-7,10-11,14H,5,8-9,12-13,15H2,1H3,(H,24,27)(H,25,29)/t23-/m0/s1. The van der Waals surface area contributed by atoms with Gasteiger partial charge in [-0.3, -0.25) is 14.5 Å². The van der Waals surface area contributed by atoms with Crippen LogP contribution in [0.5, 0.6) is 0 Å². The first-order valence-electron chi connectivity index (χ1n) is 10.0. The minimum atomic E-state index is -1.14. The summed E-state index contributed by atoms with van der Waals surface area (Å²) in [5, 5.41) is 5.57. The third kappa shape index (κ3) is 3.75. The Balaban J connectivity index is 1.39. The Bertz CT molecular complexity index is 957. The maximum atomic E-state index is 13.0. The molecule has 0 radical (unpaired) electrons. The van der Waals surface area contributed by atoms with Crippen LogP contribution in [-0.4, -0.2) is 35.8 Å². The van der Waals surface area contributed by atoms with Crippen molar-refractivity contribution >= 4 is 17.8 Å². The summed E-state index contributed by atoms with van der Waals surface area (Å²) >= 11 is 0. The lowest BCUT2D eigenvalue weighted by molar-refractivity contribution is -0.134. The van der Waals surface area contributed by atoms with Crippen molar-refractivity contribution in [3.63, 3.8) is 0 Å². The fourth-order valence-corrected chi connectivity index (χ4v) is 4.11. The van der Waals surface area contributed by atoms with Gasteiger partial charge in [0.25, 0.3) is 5.91 Å². The highest BCUT2D eigenvalue weighted by Crippen LogP contribution is 2.32. The van der Waals surface area contributed by atoms with Crippen molar-refractivity contribution in [2.24, 2.45) is 0 Å². The van der Waals surface area contributed by atoms with Gasteiger partial charge in [-0.25, -0.2) is 4.79 Å². The highest BCUT2D eigenvalue weighted by molar-refractivity contribution is 6.09. The summed E-state index contributed by atoms with van der Waals surface area (Å²) in [5.74, 6) is -0.735. The molecular weight excluding hydrogens is 366 g/mol. The van der Waals surface area contributed by atoms with E-state index < -0.39 is 17.5 Å². The maximum absolute atomic E-state index is 13.0. The van der Waals surface area contributed by atoms with Crippen LogP contribution >= 0.6 is 0 Å². The molecule has 0 bridgehead atoms. The van der Waals surface area contributed by atoms with Gasteiger partial charge in [0.15, 0.2) is 0 Å². The zero-order valence-corrected chi connectivity index (χ0v) is 16.5.